The SMILES string of the molecule is CP(C)C.CP(C)C.CP(C)C.[Cl][Ru][Cl]. The molecule has 0 radical (unpaired) electrons. The van der Waals surface area contributed by atoms with Gasteiger partial charge in [-0.05, 0) is 60.0 Å². The molecule has 0 N–H and O–H groups in total. The van der Waals surface area contributed by atoms with Crippen LogP contribution in [0.4, 0.5) is 0 Å². The van der Waals surface area contributed by atoms with E-state index < -0.39 is 0 Å². The molecule has 0 fully saturated rings. The van der Waals surface area contributed by atoms with E-state index in [0.717, 1.165) is 0 Å². The molecule has 0 saturated heterocycles. The van der Waals surface area contributed by atoms with Gasteiger partial charge in [0.05, 0.1) is 0 Å². The van der Waals surface area contributed by atoms with Crippen molar-refractivity contribution >= 4 is 43.1 Å². The Labute approximate surface area is 118 Å². The van der Waals surface area contributed by atoms with E-state index >= 15 is 0 Å². The molecule has 0 aromatic carbocycles. The van der Waals surface area contributed by atoms with Crippen LogP contribution in [0.2, 0.25) is 0 Å². The molecule has 0 bridgehead atoms. The first-order chi connectivity index (χ1) is 6.61. The van der Waals surface area contributed by atoms with Crippen LogP contribution < -0.4 is 0 Å². The normalized spacial score (nSPS) is 8.67. The summed E-state index contributed by atoms with van der Waals surface area (Å²) >= 11 is -0.346. The van der Waals surface area contributed by atoms with Crippen molar-refractivity contribution in [2.45, 2.75) is 0 Å². The van der Waals surface area contributed by atoms with Crippen molar-refractivity contribution in [3.63, 3.8) is 0 Å². The Morgan fingerprint density at radius 1 is 0.533 bits per heavy atom. The van der Waals surface area contributed by atoms with Crippen molar-refractivity contribution in [2.24, 2.45) is 0 Å². The molecule has 0 aliphatic rings. The Kier molecular flexibility index (Phi) is 44.2. The maximum atomic E-state index is 4.85. The summed E-state index contributed by atoms with van der Waals surface area (Å²) in [4.78, 5) is 0. The van der Waals surface area contributed by atoms with Crippen LogP contribution in [0.5, 0.6) is 0 Å². The minimum absolute atomic E-state index is 0.346. The van der Waals surface area contributed by atoms with Gasteiger partial charge in [0.2, 0.25) is 0 Å². The summed E-state index contributed by atoms with van der Waals surface area (Å²) in [6.45, 7) is 20.1. The zero-order valence-corrected chi connectivity index (χ0v) is 17.4. The van der Waals surface area contributed by atoms with Gasteiger partial charge in [-0.3, -0.25) is 0 Å². The van der Waals surface area contributed by atoms with Crippen LogP contribution in [0.3, 0.4) is 0 Å². The van der Waals surface area contributed by atoms with Crippen LogP contribution >= 0.6 is 43.1 Å². The van der Waals surface area contributed by atoms with Crippen molar-refractivity contribution in [1.82, 2.24) is 0 Å². The van der Waals surface area contributed by atoms with Gasteiger partial charge in [0.1, 0.15) is 0 Å². The summed E-state index contributed by atoms with van der Waals surface area (Å²) in [5, 5.41) is 0. The molecule has 0 aliphatic heterocycles. The number of hydrogen-bond donors (Lipinski definition) is 0. The molecule has 0 heterocycles. The van der Waals surface area contributed by atoms with Crippen LogP contribution in [-0.2, 0) is 15.1 Å². The molecule has 0 rings (SSSR count). The number of halogens is 2. The van der Waals surface area contributed by atoms with Gasteiger partial charge in [0.25, 0.3) is 0 Å². The molecule has 15 heavy (non-hydrogen) atoms. The van der Waals surface area contributed by atoms with E-state index in [2.05, 4.69) is 60.0 Å². The Morgan fingerprint density at radius 3 is 0.533 bits per heavy atom. The second-order valence-corrected chi connectivity index (χ2v) is 14.8. The van der Waals surface area contributed by atoms with Crippen LogP contribution in [0, 0.1) is 0 Å². The fourth-order valence-electron chi connectivity index (χ4n) is 0. The van der Waals surface area contributed by atoms with Gasteiger partial charge in [-0.25, -0.2) is 0 Å². The van der Waals surface area contributed by atoms with Gasteiger partial charge in [-0.1, -0.05) is 0 Å². The second kappa shape index (κ2) is 25.4. The summed E-state index contributed by atoms with van der Waals surface area (Å²) in [5.41, 5.74) is 0. The fraction of sp³-hybridized carbons (Fsp3) is 1.00. The molecule has 0 nitrogen and oxygen atoms in total. The van der Waals surface area contributed by atoms with E-state index in [1.165, 1.54) is 0 Å². The summed E-state index contributed by atoms with van der Waals surface area (Å²) in [6.07, 6.45) is 0. The molecule has 6 heteroatoms. The number of rotatable bonds is 0. The van der Waals surface area contributed by atoms with Crippen molar-refractivity contribution in [2.75, 3.05) is 60.0 Å². The zero-order valence-electron chi connectivity index (χ0n) is 11.5. The van der Waals surface area contributed by atoms with Crippen LogP contribution in [0.15, 0.2) is 0 Å². The van der Waals surface area contributed by atoms with Crippen molar-refractivity contribution in [1.29, 1.82) is 0 Å². The standard InChI is InChI=1S/3C3H9P.2ClH.Ru/c3*1-4(2)3;;;/h3*1-3H3;2*1H;/q;;;;;+2/p-2. The van der Waals surface area contributed by atoms with Gasteiger partial charge >= 0.3 is 34.5 Å². The van der Waals surface area contributed by atoms with Crippen LogP contribution in [0.25, 0.3) is 0 Å². The number of hydrogen-bond acceptors (Lipinski definition) is 0. The summed E-state index contributed by atoms with van der Waals surface area (Å²) in [7, 11) is 10.8. The molecule has 0 amide bonds. The first-order valence-corrected chi connectivity index (χ1v) is 16.8. The van der Waals surface area contributed by atoms with E-state index in [4.69, 9.17) is 19.4 Å². The van der Waals surface area contributed by atoms with Gasteiger partial charge in [-0.2, -0.15) is 0 Å². The Bertz CT molecular complexity index is 61.2. The van der Waals surface area contributed by atoms with E-state index in [9.17, 15) is 0 Å². The summed E-state index contributed by atoms with van der Waals surface area (Å²) in [5.74, 6) is 0. The third-order valence-electron chi connectivity index (χ3n) is 0. The topological polar surface area (TPSA) is 0 Å². The molecular formula is C9H27Cl2P3Ru. The Hall–Kier alpha value is 2.49. The van der Waals surface area contributed by atoms with Crippen LogP contribution in [0.1, 0.15) is 0 Å². The van der Waals surface area contributed by atoms with Crippen LogP contribution in [-0.4, -0.2) is 60.0 Å². The molecule has 0 aromatic heterocycles. The molecular weight excluding hydrogens is 373 g/mol. The molecule has 0 saturated carbocycles. The molecule has 0 unspecified atom stereocenters. The Balaban J connectivity index is -0.0000000542. The van der Waals surface area contributed by atoms with Crippen molar-refractivity contribution in [3.8, 4) is 0 Å². The quantitative estimate of drug-likeness (QED) is 0.375. The van der Waals surface area contributed by atoms with Gasteiger partial charge in [0.15, 0.2) is 0 Å². The molecule has 0 atom stereocenters. The predicted octanol–water partition coefficient (Wildman–Crippen LogP) is 5.45. The van der Waals surface area contributed by atoms with Crippen molar-refractivity contribution < 1.29 is 15.1 Å². The van der Waals surface area contributed by atoms with Crippen molar-refractivity contribution in [3.05, 3.63) is 0 Å². The molecule has 0 spiro atoms. The monoisotopic (exact) mass is 400 g/mol. The first kappa shape index (κ1) is 26.1. The minimum atomic E-state index is -0.346. The van der Waals surface area contributed by atoms with E-state index in [1.807, 2.05) is 0 Å². The molecule has 100 valence electrons. The maximum absolute atomic E-state index is 4.85. The zero-order chi connectivity index (χ0) is 13.4. The van der Waals surface area contributed by atoms with E-state index in [-0.39, 0.29) is 15.1 Å². The van der Waals surface area contributed by atoms with Gasteiger partial charge in [-0.15, -0.1) is 23.8 Å². The van der Waals surface area contributed by atoms with E-state index in [0.29, 0.717) is 23.8 Å². The van der Waals surface area contributed by atoms with Gasteiger partial charge in [0, 0.05) is 0 Å². The summed E-state index contributed by atoms with van der Waals surface area (Å²) < 4.78 is 0. The average molecular weight is 400 g/mol. The molecule has 0 aromatic rings. The fourth-order valence-corrected chi connectivity index (χ4v) is 0. The Morgan fingerprint density at radius 2 is 0.533 bits per heavy atom. The molecule has 0 aliphatic carbocycles. The second-order valence-electron chi connectivity index (χ2n) is 4.08. The van der Waals surface area contributed by atoms with Gasteiger partial charge < -0.3 is 0 Å². The summed E-state index contributed by atoms with van der Waals surface area (Å²) in [6, 6.07) is 0. The predicted molar refractivity (Wildman–Crippen MR) is 85.8 cm³/mol. The third-order valence-corrected chi connectivity index (χ3v) is 0. The van der Waals surface area contributed by atoms with E-state index in [1.54, 1.807) is 0 Å². The third kappa shape index (κ3) is 557. The first-order valence-electron chi connectivity index (χ1n) is 4.29. The average Bonchev–Trinajstić information content (AvgIpc) is 1.81.